The maximum atomic E-state index is 13.2. The van der Waals surface area contributed by atoms with Crippen molar-refractivity contribution in [3.8, 4) is 0 Å². The van der Waals surface area contributed by atoms with Crippen molar-refractivity contribution in [3.63, 3.8) is 0 Å². The van der Waals surface area contributed by atoms with E-state index in [2.05, 4.69) is 10.6 Å². The number of amides is 3. The third kappa shape index (κ3) is 5.25. The van der Waals surface area contributed by atoms with Gasteiger partial charge >= 0.3 is 6.09 Å². The second kappa shape index (κ2) is 9.85. The number of hydrogen-bond acceptors (Lipinski definition) is 4. The molecule has 1 aliphatic heterocycles. The van der Waals surface area contributed by atoms with E-state index >= 15 is 0 Å². The number of ether oxygens (including phenoxy) is 1. The molecule has 7 heteroatoms. The number of hydrogen-bond donors (Lipinski definition) is 2. The summed E-state index contributed by atoms with van der Waals surface area (Å²) >= 11 is 0. The second-order valence-corrected chi connectivity index (χ2v) is 9.59. The van der Waals surface area contributed by atoms with Crippen LogP contribution in [0.1, 0.15) is 51.6 Å². The standard InChI is InChI=1S/C29H29N3O4/c1-18-6-8-20(9-7-18)17-32-25(28(34)31-24-14-15-24)26(36-29(32)35)21-10-12-23(13-11-21)30-27(33)22-5-3-4-19(2)16-22/h3-13,16,24-26H,14-15,17H2,1-2H3,(H,30,33)(H,31,34)/t25-,26-/m1/s1. The van der Waals surface area contributed by atoms with Gasteiger partial charge in [-0.05, 0) is 62.1 Å². The van der Waals surface area contributed by atoms with Crippen LogP contribution < -0.4 is 10.6 Å². The third-order valence-corrected chi connectivity index (χ3v) is 6.53. The van der Waals surface area contributed by atoms with Gasteiger partial charge in [0.15, 0.2) is 12.1 Å². The van der Waals surface area contributed by atoms with Crippen LogP contribution in [-0.2, 0) is 16.1 Å². The Balaban J connectivity index is 1.35. The molecule has 0 unspecified atom stereocenters. The zero-order valence-electron chi connectivity index (χ0n) is 20.4. The smallest absolute Gasteiger partial charge is 0.411 e. The van der Waals surface area contributed by atoms with Crippen molar-refractivity contribution in [2.24, 2.45) is 0 Å². The van der Waals surface area contributed by atoms with E-state index in [4.69, 9.17) is 4.74 Å². The fourth-order valence-corrected chi connectivity index (χ4v) is 4.36. The van der Waals surface area contributed by atoms with Crippen molar-refractivity contribution in [2.45, 2.75) is 51.4 Å². The molecule has 1 aliphatic carbocycles. The van der Waals surface area contributed by atoms with E-state index in [9.17, 15) is 14.4 Å². The van der Waals surface area contributed by atoms with Gasteiger partial charge in [-0.3, -0.25) is 14.5 Å². The maximum absolute atomic E-state index is 13.2. The molecule has 3 amide bonds. The van der Waals surface area contributed by atoms with Crippen molar-refractivity contribution in [1.82, 2.24) is 10.2 Å². The van der Waals surface area contributed by atoms with Gasteiger partial charge in [0, 0.05) is 17.3 Å². The van der Waals surface area contributed by atoms with Gasteiger partial charge in [-0.15, -0.1) is 0 Å². The van der Waals surface area contributed by atoms with Gasteiger partial charge in [-0.25, -0.2) is 4.79 Å². The van der Waals surface area contributed by atoms with Crippen LogP contribution in [0.25, 0.3) is 0 Å². The zero-order valence-corrected chi connectivity index (χ0v) is 20.4. The first-order valence-corrected chi connectivity index (χ1v) is 12.2. The highest BCUT2D eigenvalue weighted by Crippen LogP contribution is 2.35. The highest BCUT2D eigenvalue weighted by molar-refractivity contribution is 6.04. The lowest BCUT2D eigenvalue weighted by molar-refractivity contribution is -0.126. The summed E-state index contributed by atoms with van der Waals surface area (Å²) in [6, 6.07) is 21.7. The first-order valence-electron chi connectivity index (χ1n) is 12.2. The first-order chi connectivity index (χ1) is 17.4. The molecule has 0 bridgehead atoms. The van der Waals surface area contributed by atoms with Crippen LogP contribution in [0.2, 0.25) is 0 Å². The molecule has 2 atom stereocenters. The number of rotatable bonds is 7. The van der Waals surface area contributed by atoms with Crippen molar-refractivity contribution in [3.05, 3.63) is 101 Å². The molecule has 0 aromatic heterocycles. The second-order valence-electron chi connectivity index (χ2n) is 9.59. The normalized spacial score (nSPS) is 19.1. The molecule has 0 spiro atoms. The molecule has 1 saturated carbocycles. The average Bonchev–Trinajstić information content (AvgIpc) is 3.62. The van der Waals surface area contributed by atoms with Crippen LogP contribution in [0.15, 0.2) is 72.8 Å². The van der Waals surface area contributed by atoms with Gasteiger partial charge in [-0.2, -0.15) is 0 Å². The van der Waals surface area contributed by atoms with Gasteiger partial charge < -0.3 is 15.4 Å². The van der Waals surface area contributed by atoms with Gasteiger partial charge in [0.05, 0.1) is 6.54 Å². The SMILES string of the molecule is Cc1ccc(CN2C(=O)O[C@H](c3ccc(NC(=O)c4cccc(C)c4)cc3)[C@@H]2C(=O)NC2CC2)cc1. The van der Waals surface area contributed by atoms with Gasteiger partial charge in [0.1, 0.15) is 0 Å². The summed E-state index contributed by atoms with van der Waals surface area (Å²) in [6.07, 6.45) is 0.632. The molecule has 184 valence electrons. The number of carbonyl (C=O) groups excluding carboxylic acids is 3. The molecular formula is C29H29N3O4. The molecule has 3 aromatic rings. The van der Waals surface area contributed by atoms with E-state index in [1.165, 1.54) is 4.90 Å². The fourth-order valence-electron chi connectivity index (χ4n) is 4.36. The summed E-state index contributed by atoms with van der Waals surface area (Å²) in [7, 11) is 0. The Morgan fingerprint density at radius 3 is 2.33 bits per heavy atom. The van der Waals surface area contributed by atoms with Crippen molar-refractivity contribution in [2.75, 3.05) is 5.32 Å². The minimum Gasteiger partial charge on any atom is -0.438 e. The van der Waals surface area contributed by atoms with Crippen LogP contribution >= 0.6 is 0 Å². The lowest BCUT2D eigenvalue weighted by Gasteiger charge is -2.24. The fraction of sp³-hybridized carbons (Fsp3) is 0.276. The Morgan fingerprint density at radius 2 is 1.67 bits per heavy atom. The molecule has 1 saturated heterocycles. The summed E-state index contributed by atoms with van der Waals surface area (Å²) in [5.41, 5.74) is 4.94. The van der Waals surface area contributed by atoms with Gasteiger partial charge in [0.2, 0.25) is 5.91 Å². The van der Waals surface area contributed by atoms with E-state index < -0.39 is 18.2 Å². The Labute approximate surface area is 210 Å². The van der Waals surface area contributed by atoms with E-state index in [1.807, 2.05) is 56.3 Å². The summed E-state index contributed by atoms with van der Waals surface area (Å²) in [5.74, 6) is -0.415. The van der Waals surface area contributed by atoms with Crippen LogP contribution in [0, 0.1) is 13.8 Å². The molecule has 36 heavy (non-hydrogen) atoms. The highest BCUT2D eigenvalue weighted by Gasteiger charge is 2.47. The molecule has 7 nitrogen and oxygen atoms in total. The monoisotopic (exact) mass is 483 g/mol. The number of anilines is 1. The number of cyclic esters (lactones) is 1. The predicted molar refractivity (Wildman–Crippen MR) is 136 cm³/mol. The number of nitrogens with one attached hydrogen (secondary N) is 2. The highest BCUT2D eigenvalue weighted by atomic mass is 16.6. The molecule has 2 aliphatic rings. The summed E-state index contributed by atoms with van der Waals surface area (Å²) in [4.78, 5) is 40.2. The van der Waals surface area contributed by atoms with Crippen molar-refractivity contribution >= 4 is 23.6 Å². The molecule has 0 radical (unpaired) electrons. The van der Waals surface area contributed by atoms with Crippen LogP contribution in [0.3, 0.4) is 0 Å². The molecule has 3 aromatic carbocycles. The van der Waals surface area contributed by atoms with Crippen molar-refractivity contribution < 1.29 is 19.1 Å². The van der Waals surface area contributed by atoms with Crippen LogP contribution in [0.4, 0.5) is 10.5 Å². The van der Waals surface area contributed by atoms with Crippen molar-refractivity contribution in [1.29, 1.82) is 0 Å². The largest absolute Gasteiger partial charge is 0.438 e. The lowest BCUT2D eigenvalue weighted by atomic mass is 10.00. The number of carbonyl (C=O) groups is 3. The third-order valence-electron chi connectivity index (χ3n) is 6.53. The summed E-state index contributed by atoms with van der Waals surface area (Å²) < 4.78 is 5.73. The van der Waals surface area contributed by atoms with Crippen LogP contribution in [0.5, 0.6) is 0 Å². The molecule has 2 N–H and O–H groups in total. The minimum absolute atomic E-state index is 0.161. The van der Waals surface area contributed by atoms with E-state index in [0.717, 1.165) is 29.5 Å². The van der Waals surface area contributed by atoms with Crippen LogP contribution in [-0.4, -0.2) is 34.9 Å². The average molecular weight is 484 g/mol. The maximum Gasteiger partial charge on any atom is 0.411 e. The zero-order chi connectivity index (χ0) is 25.2. The minimum atomic E-state index is -0.785. The molecule has 2 fully saturated rings. The Hall–Kier alpha value is -4.13. The van der Waals surface area contributed by atoms with E-state index in [0.29, 0.717) is 16.8 Å². The van der Waals surface area contributed by atoms with E-state index in [-0.39, 0.29) is 24.4 Å². The Kier molecular flexibility index (Phi) is 6.46. The molecule has 1 heterocycles. The lowest BCUT2D eigenvalue weighted by Crippen LogP contribution is -2.46. The number of benzene rings is 3. The Bertz CT molecular complexity index is 1280. The summed E-state index contributed by atoms with van der Waals surface area (Å²) in [6.45, 7) is 4.22. The molecular weight excluding hydrogens is 454 g/mol. The summed E-state index contributed by atoms with van der Waals surface area (Å²) in [5, 5.41) is 5.92. The predicted octanol–water partition coefficient (Wildman–Crippen LogP) is 4.90. The quantitative estimate of drug-likeness (QED) is 0.501. The Morgan fingerprint density at radius 1 is 0.944 bits per heavy atom. The van der Waals surface area contributed by atoms with Gasteiger partial charge in [0.25, 0.3) is 5.91 Å². The van der Waals surface area contributed by atoms with Gasteiger partial charge in [-0.1, -0.05) is 59.7 Å². The first kappa shape index (κ1) is 23.6. The number of nitrogens with zero attached hydrogens (tertiary/aromatic N) is 1. The number of aryl methyl sites for hydroxylation is 2. The van der Waals surface area contributed by atoms with E-state index in [1.54, 1.807) is 30.3 Å². The molecule has 5 rings (SSSR count). The topological polar surface area (TPSA) is 87.7 Å².